The molecule has 1 N–H and O–H groups in total. The van der Waals surface area contributed by atoms with Crippen LogP contribution in [-0.2, 0) is 6.42 Å². The van der Waals surface area contributed by atoms with Gasteiger partial charge in [-0.15, -0.1) is 0 Å². The van der Waals surface area contributed by atoms with Crippen molar-refractivity contribution in [3.05, 3.63) is 68.4 Å². The number of rotatable bonds is 4. The van der Waals surface area contributed by atoms with Crippen molar-refractivity contribution in [3.8, 4) is 0 Å². The number of benzene rings is 2. The first-order valence-electron chi connectivity index (χ1n) is 6.07. The second kappa shape index (κ2) is 6.77. The summed E-state index contributed by atoms with van der Waals surface area (Å²) in [6.07, 6.45) is 0.603. The van der Waals surface area contributed by atoms with Crippen LogP contribution in [0.25, 0.3) is 0 Å². The van der Waals surface area contributed by atoms with E-state index in [1.54, 1.807) is 24.3 Å². The monoisotopic (exact) mass is 331 g/mol. The lowest BCUT2D eigenvalue weighted by atomic mass is 9.99. The van der Waals surface area contributed by atoms with Gasteiger partial charge in [0.15, 0.2) is 0 Å². The topological polar surface area (TPSA) is 12.0 Å². The molecule has 0 saturated carbocycles. The van der Waals surface area contributed by atoms with Crippen molar-refractivity contribution in [2.24, 2.45) is 0 Å². The fraction of sp³-hybridized carbons (Fsp3) is 0.200. The Balaban J connectivity index is 2.26. The molecular formula is C15H13Cl3FN. The molecule has 0 aliphatic rings. The van der Waals surface area contributed by atoms with Gasteiger partial charge in [-0.1, -0.05) is 46.9 Å². The first-order valence-corrected chi connectivity index (χ1v) is 7.21. The fourth-order valence-electron chi connectivity index (χ4n) is 2.05. The largest absolute Gasteiger partial charge is 0.313 e. The van der Waals surface area contributed by atoms with Gasteiger partial charge in [-0.25, -0.2) is 4.39 Å². The zero-order valence-corrected chi connectivity index (χ0v) is 13.0. The second-order valence-corrected chi connectivity index (χ2v) is 5.71. The van der Waals surface area contributed by atoms with E-state index in [1.807, 2.05) is 13.1 Å². The van der Waals surface area contributed by atoms with Gasteiger partial charge in [0.05, 0.1) is 5.02 Å². The highest BCUT2D eigenvalue weighted by atomic mass is 35.5. The molecule has 106 valence electrons. The minimum absolute atomic E-state index is 0.0275. The molecule has 0 aliphatic carbocycles. The summed E-state index contributed by atoms with van der Waals surface area (Å²) >= 11 is 17.8. The van der Waals surface area contributed by atoms with Gasteiger partial charge < -0.3 is 5.32 Å². The maximum atomic E-state index is 13.5. The number of nitrogens with one attached hydrogen (secondary N) is 1. The molecule has 20 heavy (non-hydrogen) atoms. The minimum atomic E-state index is -0.416. The van der Waals surface area contributed by atoms with E-state index in [4.69, 9.17) is 34.8 Å². The highest BCUT2D eigenvalue weighted by Gasteiger charge is 2.14. The van der Waals surface area contributed by atoms with Crippen LogP contribution in [0.1, 0.15) is 17.2 Å². The molecule has 5 heteroatoms. The Hall–Kier alpha value is -0.800. The average molecular weight is 333 g/mol. The Bertz CT molecular complexity index is 616. The molecule has 0 saturated heterocycles. The molecule has 2 aromatic rings. The third kappa shape index (κ3) is 3.64. The lowest BCUT2D eigenvalue weighted by Crippen LogP contribution is -2.19. The number of likely N-dealkylation sites (N-methyl/N-ethyl adjacent to an activating group) is 1. The van der Waals surface area contributed by atoms with Crippen LogP contribution in [0.4, 0.5) is 4.39 Å². The molecule has 1 unspecified atom stereocenters. The second-order valence-electron chi connectivity index (χ2n) is 4.46. The Morgan fingerprint density at radius 3 is 2.40 bits per heavy atom. The molecule has 2 rings (SSSR count). The summed E-state index contributed by atoms with van der Waals surface area (Å²) in [6, 6.07) is 10.1. The molecule has 0 amide bonds. The zero-order chi connectivity index (χ0) is 14.7. The molecule has 0 bridgehead atoms. The standard InChI is InChI=1S/C15H13Cl3FN/c1-20-15(11-4-3-10(16)8-13(11)18)7-9-2-5-12(17)14(19)6-9/h2-6,8,15,20H,7H2,1H3. The van der Waals surface area contributed by atoms with Crippen LogP contribution < -0.4 is 5.32 Å². The smallest absolute Gasteiger partial charge is 0.142 e. The number of hydrogen-bond acceptors (Lipinski definition) is 1. The Kier molecular flexibility index (Phi) is 5.28. The molecule has 0 aliphatic heterocycles. The summed E-state index contributed by atoms with van der Waals surface area (Å²) in [5, 5.41) is 4.48. The third-order valence-electron chi connectivity index (χ3n) is 3.11. The third-order valence-corrected chi connectivity index (χ3v) is 3.98. The van der Waals surface area contributed by atoms with Gasteiger partial charge in [0.2, 0.25) is 0 Å². The van der Waals surface area contributed by atoms with Crippen LogP contribution >= 0.6 is 34.8 Å². The van der Waals surface area contributed by atoms with Crippen LogP contribution in [0.2, 0.25) is 15.1 Å². The first-order chi connectivity index (χ1) is 9.51. The molecule has 1 atom stereocenters. The van der Waals surface area contributed by atoms with Gasteiger partial charge in [0, 0.05) is 16.1 Å². The average Bonchev–Trinajstić information content (AvgIpc) is 2.41. The lowest BCUT2D eigenvalue weighted by Gasteiger charge is -2.18. The lowest BCUT2D eigenvalue weighted by molar-refractivity contribution is 0.584. The molecule has 2 aromatic carbocycles. The van der Waals surface area contributed by atoms with E-state index in [0.29, 0.717) is 16.5 Å². The van der Waals surface area contributed by atoms with E-state index in [2.05, 4.69) is 5.32 Å². The van der Waals surface area contributed by atoms with Crippen molar-refractivity contribution >= 4 is 34.8 Å². The van der Waals surface area contributed by atoms with Crippen molar-refractivity contribution in [3.63, 3.8) is 0 Å². The summed E-state index contributed by atoms with van der Waals surface area (Å²) in [7, 11) is 1.84. The molecule has 1 nitrogen and oxygen atoms in total. The van der Waals surface area contributed by atoms with Gasteiger partial charge in [-0.05, 0) is 48.9 Å². The van der Waals surface area contributed by atoms with Crippen molar-refractivity contribution in [2.75, 3.05) is 7.05 Å². The number of hydrogen-bond donors (Lipinski definition) is 1. The highest BCUT2D eigenvalue weighted by molar-refractivity contribution is 6.35. The van der Waals surface area contributed by atoms with Crippen molar-refractivity contribution in [2.45, 2.75) is 12.5 Å². The van der Waals surface area contributed by atoms with Gasteiger partial charge >= 0.3 is 0 Å². The van der Waals surface area contributed by atoms with Gasteiger partial charge in [-0.2, -0.15) is 0 Å². The fourth-order valence-corrected chi connectivity index (χ4v) is 2.71. The summed E-state index contributed by atoms with van der Waals surface area (Å²) < 4.78 is 13.5. The van der Waals surface area contributed by atoms with Crippen LogP contribution in [0, 0.1) is 5.82 Å². The SMILES string of the molecule is CNC(Cc1ccc(Cl)c(F)c1)c1ccc(Cl)cc1Cl. The molecule has 0 aromatic heterocycles. The van der Waals surface area contributed by atoms with Crippen molar-refractivity contribution in [1.82, 2.24) is 5.32 Å². The Labute approximate surface area is 132 Å². The van der Waals surface area contributed by atoms with Gasteiger partial charge in [0.25, 0.3) is 0 Å². The predicted octanol–water partition coefficient (Wildman–Crippen LogP) is 5.29. The van der Waals surface area contributed by atoms with E-state index in [-0.39, 0.29) is 11.1 Å². The van der Waals surface area contributed by atoms with Crippen LogP contribution in [0.15, 0.2) is 36.4 Å². The molecule has 0 spiro atoms. The Morgan fingerprint density at radius 1 is 1.05 bits per heavy atom. The molecular weight excluding hydrogens is 320 g/mol. The molecule has 0 fully saturated rings. The zero-order valence-electron chi connectivity index (χ0n) is 10.8. The maximum absolute atomic E-state index is 13.5. The maximum Gasteiger partial charge on any atom is 0.142 e. The van der Waals surface area contributed by atoms with Gasteiger partial charge in [-0.3, -0.25) is 0 Å². The Morgan fingerprint density at radius 2 is 1.80 bits per heavy atom. The van der Waals surface area contributed by atoms with Crippen LogP contribution in [-0.4, -0.2) is 7.05 Å². The van der Waals surface area contributed by atoms with Crippen molar-refractivity contribution in [1.29, 1.82) is 0 Å². The van der Waals surface area contributed by atoms with E-state index in [1.165, 1.54) is 6.07 Å². The quantitative estimate of drug-likeness (QED) is 0.802. The summed E-state index contributed by atoms with van der Waals surface area (Å²) in [5.41, 5.74) is 1.77. The van der Waals surface area contributed by atoms with E-state index in [9.17, 15) is 4.39 Å². The van der Waals surface area contributed by atoms with Crippen LogP contribution in [0.5, 0.6) is 0 Å². The highest BCUT2D eigenvalue weighted by Crippen LogP contribution is 2.29. The molecule has 0 radical (unpaired) electrons. The minimum Gasteiger partial charge on any atom is -0.313 e. The summed E-state index contributed by atoms with van der Waals surface area (Å²) in [5.74, 6) is -0.416. The van der Waals surface area contributed by atoms with E-state index in [0.717, 1.165) is 11.1 Å². The number of halogens is 4. The van der Waals surface area contributed by atoms with Crippen LogP contribution in [0.3, 0.4) is 0 Å². The summed E-state index contributed by atoms with van der Waals surface area (Å²) in [4.78, 5) is 0. The van der Waals surface area contributed by atoms with E-state index >= 15 is 0 Å². The normalized spacial score (nSPS) is 12.4. The van der Waals surface area contributed by atoms with E-state index < -0.39 is 5.82 Å². The van der Waals surface area contributed by atoms with Gasteiger partial charge in [0.1, 0.15) is 5.82 Å². The summed E-state index contributed by atoms with van der Waals surface area (Å²) in [6.45, 7) is 0. The first kappa shape index (κ1) is 15.6. The van der Waals surface area contributed by atoms with Crippen molar-refractivity contribution < 1.29 is 4.39 Å². The molecule has 0 heterocycles. The predicted molar refractivity (Wildman–Crippen MR) is 83.4 cm³/mol.